The van der Waals surface area contributed by atoms with Crippen molar-refractivity contribution >= 4 is 97.0 Å². The first-order valence-corrected chi connectivity index (χ1v) is 33.0. The van der Waals surface area contributed by atoms with Crippen LogP contribution in [0, 0.1) is 83.1 Å². The minimum atomic E-state index is 0.142. The number of hydrogen-bond acceptors (Lipinski definition) is 0. The number of aryl methyl sites for hydroxylation is 12. The van der Waals surface area contributed by atoms with Gasteiger partial charge in [0.2, 0.25) is 0 Å². The standard InChI is InChI=1S/C17H18.4C16H14.C12H12/c1-11-5-7-13-14-8-6-12(2)10-16(14)17(3,4)15(13)9-11;1-11-3-7-15-13(9-11)5-6-14-10-12(2)4-8-16(14)15;1-11-3-5-13-10-16-8-12(2)4-6-14(16)9-15(13)7-11;1-11-13-7-3-5-9-15(13)12(2)16-10-6-4-8-14(11)16;1-11-7-8-15-13(9-11)10-12(2)14-5-3-4-6-16(14)15;1-9-5-3-8-12-10(2)6-4-7-11(9)12/h5-10H,1-4H3;4*3-10H,1-2H3;3-8H,1-2H3. The van der Waals surface area contributed by atoms with Crippen molar-refractivity contribution in [1.29, 1.82) is 0 Å². The first-order chi connectivity index (χ1) is 44.8. The zero-order valence-electron chi connectivity index (χ0n) is 56.9. The Hall–Kier alpha value is -10.1. The van der Waals surface area contributed by atoms with Gasteiger partial charge in [-0.25, -0.2) is 0 Å². The second-order valence-corrected chi connectivity index (χ2v) is 26.8. The Bertz CT molecular complexity index is 5140. The van der Waals surface area contributed by atoms with Crippen LogP contribution in [0.5, 0.6) is 0 Å². The lowest BCUT2D eigenvalue weighted by atomic mass is 9.81. The molecule has 0 heteroatoms. The predicted octanol–water partition coefficient (Wildman–Crippen LogP) is 26.5. The highest BCUT2D eigenvalue weighted by atomic mass is 14.4. The number of hydrogen-bond donors (Lipinski definition) is 0. The van der Waals surface area contributed by atoms with Gasteiger partial charge < -0.3 is 0 Å². The fourth-order valence-electron chi connectivity index (χ4n) is 14.1. The highest BCUT2D eigenvalue weighted by molar-refractivity contribution is 6.10. The van der Waals surface area contributed by atoms with Gasteiger partial charge in [-0.3, -0.25) is 0 Å². The van der Waals surface area contributed by atoms with E-state index in [0.717, 1.165) is 0 Å². The minimum Gasteiger partial charge on any atom is -0.0616 e. The van der Waals surface area contributed by atoms with Crippen LogP contribution in [0.2, 0.25) is 0 Å². The molecule has 93 heavy (non-hydrogen) atoms. The molecule has 16 aromatic carbocycles. The van der Waals surface area contributed by atoms with E-state index in [1.807, 2.05) is 0 Å². The van der Waals surface area contributed by atoms with Crippen molar-refractivity contribution < 1.29 is 0 Å². The molecule has 458 valence electrons. The summed E-state index contributed by atoms with van der Waals surface area (Å²) in [4.78, 5) is 0. The maximum absolute atomic E-state index is 2.34. The topological polar surface area (TPSA) is 0 Å². The maximum atomic E-state index is 2.34. The molecule has 0 fully saturated rings. The van der Waals surface area contributed by atoms with Gasteiger partial charge in [0.1, 0.15) is 0 Å². The van der Waals surface area contributed by atoms with E-state index in [1.54, 1.807) is 0 Å². The van der Waals surface area contributed by atoms with Crippen LogP contribution < -0.4 is 0 Å². The zero-order valence-corrected chi connectivity index (χ0v) is 56.9. The summed E-state index contributed by atoms with van der Waals surface area (Å²) < 4.78 is 0. The third-order valence-corrected chi connectivity index (χ3v) is 19.3. The summed E-state index contributed by atoms with van der Waals surface area (Å²) in [6, 6.07) is 96.9. The van der Waals surface area contributed by atoms with Crippen LogP contribution in [0.1, 0.15) is 91.7 Å². The Kier molecular flexibility index (Phi) is 18.0. The van der Waals surface area contributed by atoms with Crippen LogP contribution in [-0.4, -0.2) is 0 Å². The summed E-state index contributed by atoms with van der Waals surface area (Å²) in [5.74, 6) is 0. The van der Waals surface area contributed by atoms with E-state index in [0.29, 0.717) is 0 Å². The molecule has 0 saturated heterocycles. The fraction of sp³-hybridized carbons (Fsp3) is 0.161. The molecular formula is C93H86. The Morgan fingerprint density at radius 2 is 0.473 bits per heavy atom. The first-order valence-electron chi connectivity index (χ1n) is 33.0. The van der Waals surface area contributed by atoms with Gasteiger partial charge in [-0.1, -0.05) is 308 Å². The van der Waals surface area contributed by atoms with E-state index in [1.165, 1.54) is 186 Å². The summed E-state index contributed by atoms with van der Waals surface area (Å²) in [7, 11) is 0. The number of benzene rings is 16. The largest absolute Gasteiger partial charge is 0.0616 e. The molecular weight excluding hydrogens is 1120 g/mol. The van der Waals surface area contributed by atoms with Crippen LogP contribution in [0.4, 0.5) is 0 Å². The second-order valence-electron chi connectivity index (χ2n) is 26.8. The molecule has 0 nitrogen and oxygen atoms in total. The molecule has 0 unspecified atom stereocenters. The smallest absolute Gasteiger partial charge is 0.0159 e. The average molecular weight is 1200 g/mol. The van der Waals surface area contributed by atoms with Crippen LogP contribution in [0.15, 0.2) is 267 Å². The molecule has 1 aliphatic rings. The van der Waals surface area contributed by atoms with E-state index >= 15 is 0 Å². The normalized spacial score (nSPS) is 11.8. The van der Waals surface area contributed by atoms with Gasteiger partial charge >= 0.3 is 0 Å². The van der Waals surface area contributed by atoms with Gasteiger partial charge in [0.15, 0.2) is 0 Å². The van der Waals surface area contributed by atoms with Crippen molar-refractivity contribution in [2.45, 2.75) is 102 Å². The highest BCUT2D eigenvalue weighted by Crippen LogP contribution is 2.49. The number of fused-ring (bicyclic) bond motifs is 14. The van der Waals surface area contributed by atoms with Crippen molar-refractivity contribution in [3.05, 3.63) is 345 Å². The Labute approximate surface area is 551 Å². The van der Waals surface area contributed by atoms with Crippen molar-refractivity contribution in [3.63, 3.8) is 0 Å². The van der Waals surface area contributed by atoms with Crippen molar-refractivity contribution in [2.24, 2.45) is 0 Å². The highest BCUT2D eigenvalue weighted by Gasteiger charge is 2.35. The Morgan fingerprint density at radius 1 is 0.183 bits per heavy atom. The summed E-state index contributed by atoms with van der Waals surface area (Å²) in [6.45, 7) is 30.6. The van der Waals surface area contributed by atoms with Gasteiger partial charge in [0.05, 0.1) is 0 Å². The van der Waals surface area contributed by atoms with E-state index in [-0.39, 0.29) is 5.41 Å². The van der Waals surface area contributed by atoms with Crippen LogP contribution in [0.25, 0.3) is 108 Å². The van der Waals surface area contributed by atoms with Crippen molar-refractivity contribution in [3.8, 4) is 11.1 Å². The van der Waals surface area contributed by atoms with Crippen LogP contribution >= 0.6 is 0 Å². The molecule has 0 atom stereocenters. The third kappa shape index (κ3) is 13.2. The molecule has 0 saturated carbocycles. The third-order valence-electron chi connectivity index (χ3n) is 19.3. The lowest BCUT2D eigenvalue weighted by Gasteiger charge is -2.22. The van der Waals surface area contributed by atoms with E-state index in [4.69, 9.17) is 0 Å². The molecule has 16 aromatic rings. The quantitative estimate of drug-likeness (QED) is 0.105. The van der Waals surface area contributed by atoms with Gasteiger partial charge in [0.25, 0.3) is 0 Å². The van der Waals surface area contributed by atoms with Crippen molar-refractivity contribution in [1.82, 2.24) is 0 Å². The molecule has 0 radical (unpaired) electrons. The van der Waals surface area contributed by atoms with E-state index in [2.05, 4.69) is 364 Å². The molecule has 0 N–H and O–H groups in total. The Balaban J connectivity index is 0.000000108. The fourth-order valence-corrected chi connectivity index (χ4v) is 14.1. The number of rotatable bonds is 0. The second kappa shape index (κ2) is 26.6. The van der Waals surface area contributed by atoms with Crippen LogP contribution in [0.3, 0.4) is 0 Å². The molecule has 17 rings (SSSR count). The molecule has 0 amide bonds. The molecule has 1 aliphatic carbocycles. The molecule has 0 heterocycles. The summed E-state index contributed by atoms with van der Waals surface area (Å²) in [5.41, 5.74) is 22.0. The monoisotopic (exact) mass is 1200 g/mol. The van der Waals surface area contributed by atoms with E-state index < -0.39 is 0 Å². The van der Waals surface area contributed by atoms with Gasteiger partial charge in [-0.2, -0.15) is 0 Å². The predicted molar refractivity (Wildman–Crippen MR) is 411 cm³/mol. The lowest BCUT2D eigenvalue weighted by molar-refractivity contribution is 0.659. The average Bonchev–Trinajstić information content (AvgIpc) is 1.60. The van der Waals surface area contributed by atoms with Gasteiger partial charge in [-0.05, 0) is 242 Å². The van der Waals surface area contributed by atoms with Gasteiger partial charge in [-0.15, -0.1) is 0 Å². The Morgan fingerprint density at radius 3 is 0.882 bits per heavy atom. The molecule has 0 bridgehead atoms. The van der Waals surface area contributed by atoms with Gasteiger partial charge in [0, 0.05) is 5.41 Å². The van der Waals surface area contributed by atoms with Crippen molar-refractivity contribution in [2.75, 3.05) is 0 Å². The minimum absolute atomic E-state index is 0.142. The van der Waals surface area contributed by atoms with Crippen LogP contribution in [-0.2, 0) is 5.41 Å². The molecule has 0 spiro atoms. The summed E-state index contributed by atoms with van der Waals surface area (Å²) in [6.07, 6.45) is 0. The summed E-state index contributed by atoms with van der Waals surface area (Å²) >= 11 is 0. The van der Waals surface area contributed by atoms with E-state index in [9.17, 15) is 0 Å². The summed E-state index contributed by atoms with van der Waals surface area (Å²) in [5, 5.41) is 24.3. The molecule has 0 aliphatic heterocycles. The SMILES string of the molecule is Cc1c2ccccc2c(C)c2ccccc12.Cc1ccc2c(c1)C(C)(C)c1cc(C)ccc1-2.Cc1ccc2c(c1)cc(C)c1ccccc12.Cc1ccc2c(ccc3cc(C)ccc32)c1.Cc1ccc2cc3cc(C)ccc3cc2c1.Cc1cccc2c(C)cccc12. The zero-order chi connectivity index (χ0) is 65.2. The first kappa shape index (κ1) is 63.0. The molecule has 0 aromatic heterocycles. The lowest BCUT2D eigenvalue weighted by Crippen LogP contribution is -2.15. The maximum Gasteiger partial charge on any atom is 0.0159 e.